The number of nitrogens with zero attached hydrogens (tertiary/aromatic N) is 3. The van der Waals surface area contributed by atoms with E-state index < -0.39 is 16.1 Å². The number of anilines is 2. The molecule has 3 heterocycles. The Morgan fingerprint density at radius 2 is 1.75 bits per heavy atom. The Morgan fingerprint density at radius 1 is 0.923 bits per heavy atom. The van der Waals surface area contributed by atoms with E-state index in [1.54, 1.807) is 30.3 Å². The van der Waals surface area contributed by atoms with E-state index in [4.69, 9.17) is 44.8 Å². The maximum Gasteiger partial charge on any atom is 0.412 e. The Morgan fingerprint density at radius 3 is 2.56 bits per heavy atom. The maximum absolute atomic E-state index is 13.8. The van der Waals surface area contributed by atoms with Gasteiger partial charge < -0.3 is 33.2 Å². The fourth-order valence-corrected chi connectivity index (χ4v) is 5.83. The minimum atomic E-state index is -4.32. The van der Waals surface area contributed by atoms with Crippen molar-refractivity contribution in [2.45, 2.75) is 17.9 Å². The molecule has 1 amide bonds. The van der Waals surface area contributed by atoms with Crippen LogP contribution in [0.1, 0.15) is 11.4 Å². The highest BCUT2D eigenvalue weighted by Gasteiger charge is 2.27. The molecule has 0 spiro atoms. The van der Waals surface area contributed by atoms with Gasteiger partial charge in [-0.3, -0.25) is 10.0 Å². The van der Waals surface area contributed by atoms with Gasteiger partial charge in [-0.2, -0.15) is 4.98 Å². The molecule has 2 aromatic heterocycles. The van der Waals surface area contributed by atoms with Gasteiger partial charge >= 0.3 is 6.09 Å². The molecule has 2 N–H and O–H groups in total. The van der Waals surface area contributed by atoms with Gasteiger partial charge in [0.2, 0.25) is 12.5 Å². The van der Waals surface area contributed by atoms with Gasteiger partial charge in [0.15, 0.2) is 17.3 Å². The van der Waals surface area contributed by atoms with Crippen LogP contribution in [0.3, 0.4) is 0 Å². The summed E-state index contributed by atoms with van der Waals surface area (Å²) in [5, 5.41) is 2.68. The number of carbonyl (C=O) groups excluding carboxylic acids is 1. The predicted octanol–water partition coefficient (Wildman–Crippen LogP) is 6.24. The first-order chi connectivity index (χ1) is 25.3. The average molecular weight is 750 g/mol. The fraction of sp³-hybridized carbons (Fsp3) is 0.200. The lowest BCUT2D eigenvalue weighted by molar-refractivity contribution is 0.122. The topological polar surface area (TPSA) is 179 Å². The number of sulfonamides is 1. The number of methoxy groups -OCH3 is 1. The molecule has 0 saturated carbocycles. The zero-order valence-electron chi connectivity index (χ0n) is 27.6. The molecule has 0 fully saturated rings. The molecule has 52 heavy (non-hydrogen) atoms. The van der Waals surface area contributed by atoms with Gasteiger partial charge in [-0.15, -0.1) is 0 Å². The molecule has 0 unspecified atom stereocenters. The SMILES string of the molecule is COc1ccc(Cl)c(Oc2c(NS(=O)(=O)c3ccc4c(c3)OCO4)nc(CCOCc3ccccc3)nc2OCCOC(=O)Nc2ccccn2)c1. The van der Waals surface area contributed by atoms with E-state index in [0.717, 1.165) is 5.56 Å². The van der Waals surface area contributed by atoms with Crippen molar-refractivity contribution in [3.05, 3.63) is 108 Å². The number of aromatic nitrogens is 3. The summed E-state index contributed by atoms with van der Waals surface area (Å²) in [5.74, 6) is 0.939. The van der Waals surface area contributed by atoms with Gasteiger partial charge in [-0.05, 0) is 42.0 Å². The molecule has 270 valence electrons. The first-order valence-corrected chi connectivity index (χ1v) is 17.6. The van der Waals surface area contributed by atoms with Crippen LogP contribution in [0.2, 0.25) is 5.02 Å². The second kappa shape index (κ2) is 16.9. The normalized spacial score (nSPS) is 11.8. The van der Waals surface area contributed by atoms with Crippen LogP contribution in [0.4, 0.5) is 16.4 Å². The number of halogens is 1. The summed E-state index contributed by atoms with van der Waals surface area (Å²) in [6, 6.07) is 23.4. The smallest absolute Gasteiger partial charge is 0.412 e. The molecule has 15 nitrogen and oxygen atoms in total. The number of ether oxygens (including phenoxy) is 7. The van der Waals surface area contributed by atoms with Crippen LogP contribution in [-0.4, -0.2) is 63.2 Å². The van der Waals surface area contributed by atoms with Gasteiger partial charge in [0.05, 0.1) is 30.2 Å². The predicted molar refractivity (Wildman–Crippen MR) is 188 cm³/mol. The molecular formula is C35H32ClN5O10S. The Balaban J connectivity index is 1.30. The van der Waals surface area contributed by atoms with Gasteiger partial charge in [0, 0.05) is 24.8 Å². The third kappa shape index (κ3) is 9.48. The zero-order valence-corrected chi connectivity index (χ0v) is 29.2. The lowest BCUT2D eigenvalue weighted by Gasteiger charge is -2.18. The molecule has 5 aromatic rings. The highest BCUT2D eigenvalue weighted by molar-refractivity contribution is 7.92. The number of hydrogen-bond donors (Lipinski definition) is 2. The van der Waals surface area contributed by atoms with Crippen molar-refractivity contribution in [1.29, 1.82) is 0 Å². The van der Waals surface area contributed by atoms with Crippen molar-refractivity contribution in [3.8, 4) is 34.6 Å². The molecule has 0 aliphatic carbocycles. The second-order valence-electron chi connectivity index (χ2n) is 10.8. The van der Waals surface area contributed by atoms with Crippen LogP contribution in [0.15, 0.2) is 96.0 Å². The number of benzene rings is 3. The Labute approximate surface area is 303 Å². The van der Waals surface area contributed by atoms with E-state index >= 15 is 0 Å². The minimum absolute atomic E-state index is 0.0393. The first-order valence-electron chi connectivity index (χ1n) is 15.7. The Bertz CT molecular complexity index is 2110. The molecule has 0 saturated heterocycles. The average Bonchev–Trinajstić information content (AvgIpc) is 3.63. The van der Waals surface area contributed by atoms with E-state index in [1.807, 2.05) is 30.3 Å². The Kier molecular flexibility index (Phi) is 11.7. The van der Waals surface area contributed by atoms with Crippen molar-refractivity contribution < 1.29 is 46.4 Å². The zero-order chi connectivity index (χ0) is 36.3. The van der Waals surface area contributed by atoms with Crippen molar-refractivity contribution in [2.24, 2.45) is 0 Å². The number of pyridine rings is 1. The largest absolute Gasteiger partial charge is 0.497 e. The summed E-state index contributed by atoms with van der Waals surface area (Å²) in [6.45, 7) is 0.0357. The van der Waals surface area contributed by atoms with Crippen LogP contribution in [0.5, 0.6) is 34.6 Å². The number of amides is 1. The maximum atomic E-state index is 13.8. The third-order valence-corrected chi connectivity index (χ3v) is 8.80. The molecule has 17 heteroatoms. The van der Waals surface area contributed by atoms with Gasteiger partial charge in [-0.25, -0.2) is 23.2 Å². The first kappa shape index (κ1) is 36.0. The van der Waals surface area contributed by atoms with Crippen molar-refractivity contribution in [2.75, 3.05) is 43.8 Å². The van der Waals surface area contributed by atoms with Gasteiger partial charge in [0.25, 0.3) is 15.9 Å². The molecule has 1 aliphatic rings. The number of rotatable bonds is 16. The number of carbonyl (C=O) groups is 1. The number of nitrogens with one attached hydrogen (secondary N) is 2. The fourth-order valence-electron chi connectivity index (χ4n) is 4.65. The monoisotopic (exact) mass is 749 g/mol. The summed E-state index contributed by atoms with van der Waals surface area (Å²) in [7, 11) is -2.85. The van der Waals surface area contributed by atoms with E-state index in [-0.39, 0.29) is 77.7 Å². The molecule has 0 bridgehead atoms. The highest BCUT2D eigenvalue weighted by Crippen LogP contribution is 2.41. The number of fused-ring (bicyclic) bond motifs is 1. The van der Waals surface area contributed by atoms with Gasteiger partial charge in [-0.1, -0.05) is 48.0 Å². The minimum Gasteiger partial charge on any atom is -0.497 e. The van der Waals surface area contributed by atoms with Crippen LogP contribution in [0.25, 0.3) is 0 Å². The lowest BCUT2D eigenvalue weighted by atomic mass is 10.2. The van der Waals surface area contributed by atoms with Crippen LogP contribution in [0, 0.1) is 0 Å². The lowest BCUT2D eigenvalue weighted by Crippen LogP contribution is -2.19. The van der Waals surface area contributed by atoms with Crippen molar-refractivity contribution >= 4 is 39.4 Å². The molecule has 6 rings (SSSR count). The van der Waals surface area contributed by atoms with E-state index in [0.29, 0.717) is 23.9 Å². The van der Waals surface area contributed by atoms with Crippen molar-refractivity contribution in [3.63, 3.8) is 0 Å². The quantitative estimate of drug-likeness (QED) is 0.108. The van der Waals surface area contributed by atoms with Crippen LogP contribution < -0.4 is 33.7 Å². The number of hydrogen-bond acceptors (Lipinski definition) is 13. The standard InChI is InChI=1S/C35H32ClN5O10S/c1-45-24-10-12-26(36)28(19-24)51-32-33(41-52(43,44)25-11-13-27-29(20-25)50-22-49-27)38-31(14-16-46-21-23-7-3-2-4-8-23)39-34(32)47-17-18-48-35(42)40-30-9-5-6-15-37-30/h2-13,15,19-20H,14,16-18,21-22H2,1H3,(H,37,40,42)(H,38,39,41). The van der Waals surface area contributed by atoms with E-state index in [2.05, 4.69) is 25.0 Å². The van der Waals surface area contributed by atoms with Crippen LogP contribution >= 0.6 is 11.6 Å². The summed E-state index contributed by atoms with van der Waals surface area (Å²) in [4.78, 5) is 25.3. The summed E-state index contributed by atoms with van der Waals surface area (Å²) in [6.07, 6.45) is 0.913. The van der Waals surface area contributed by atoms with E-state index in [1.165, 1.54) is 37.6 Å². The second-order valence-corrected chi connectivity index (χ2v) is 12.8. The van der Waals surface area contributed by atoms with Gasteiger partial charge in [0.1, 0.15) is 36.4 Å². The summed E-state index contributed by atoms with van der Waals surface area (Å²) in [5.41, 5.74) is 0.968. The molecule has 3 aromatic carbocycles. The molecular weight excluding hydrogens is 718 g/mol. The van der Waals surface area contributed by atoms with E-state index in [9.17, 15) is 13.2 Å². The van der Waals surface area contributed by atoms with Crippen LogP contribution in [-0.2, 0) is 32.5 Å². The molecule has 0 radical (unpaired) electrons. The molecule has 0 atom stereocenters. The van der Waals surface area contributed by atoms with Crippen molar-refractivity contribution in [1.82, 2.24) is 15.0 Å². The Hall–Kier alpha value is -5.84. The third-order valence-electron chi connectivity index (χ3n) is 7.15. The summed E-state index contributed by atoms with van der Waals surface area (Å²) >= 11 is 6.47. The summed E-state index contributed by atoms with van der Waals surface area (Å²) < 4.78 is 69.3. The molecule has 1 aliphatic heterocycles. The highest BCUT2D eigenvalue weighted by atomic mass is 35.5.